The van der Waals surface area contributed by atoms with E-state index in [2.05, 4.69) is 33.4 Å². The molecule has 0 saturated carbocycles. The van der Waals surface area contributed by atoms with Gasteiger partial charge in [-0.3, -0.25) is 9.59 Å². The Hall–Kier alpha value is -4.18. The molecular weight excluding hydrogens is 396 g/mol. The minimum Gasteiger partial charge on any atom is -0.343 e. The maximum absolute atomic E-state index is 12.3. The average Bonchev–Trinajstić information content (AvgIpc) is 2.81. The van der Waals surface area contributed by atoms with Crippen LogP contribution >= 0.6 is 0 Å². The fraction of sp³-hybridized carbons (Fsp3) is 0.0714. The van der Waals surface area contributed by atoms with E-state index in [0.717, 1.165) is 55.4 Å². The molecule has 32 heavy (non-hydrogen) atoms. The lowest BCUT2D eigenvalue weighted by Crippen LogP contribution is -2.11. The molecule has 4 aliphatic rings. The zero-order chi connectivity index (χ0) is 22.0. The second-order valence-corrected chi connectivity index (χ2v) is 8.26. The van der Waals surface area contributed by atoms with E-state index in [9.17, 15) is 9.59 Å². The first-order valence-electron chi connectivity index (χ1n) is 10.6. The van der Waals surface area contributed by atoms with Crippen LogP contribution in [-0.2, 0) is 14.1 Å². The third-order valence-corrected chi connectivity index (χ3v) is 6.52. The molecule has 2 aromatic rings. The van der Waals surface area contributed by atoms with Crippen LogP contribution in [0.4, 0.5) is 0 Å². The number of para-hydroxylation sites is 2. The largest absolute Gasteiger partial charge is 0.343 e. The Morgan fingerprint density at radius 2 is 0.938 bits per heavy atom. The van der Waals surface area contributed by atoms with E-state index in [-0.39, 0.29) is 10.9 Å². The Labute approximate surface area is 184 Å². The van der Waals surface area contributed by atoms with Crippen LogP contribution in [0.2, 0.25) is 0 Å². The highest BCUT2D eigenvalue weighted by Crippen LogP contribution is 2.46. The third-order valence-electron chi connectivity index (χ3n) is 6.52. The van der Waals surface area contributed by atoms with Crippen molar-refractivity contribution >= 4 is 21.8 Å². The Kier molecular flexibility index (Phi) is 3.87. The Bertz CT molecular complexity index is 1610. The molecule has 4 nitrogen and oxygen atoms in total. The van der Waals surface area contributed by atoms with Crippen LogP contribution in [0.1, 0.15) is 0 Å². The molecule has 0 radical (unpaired) electrons. The van der Waals surface area contributed by atoms with Gasteiger partial charge in [0.15, 0.2) is 10.9 Å². The van der Waals surface area contributed by atoms with Crippen LogP contribution in [0, 0.1) is 0 Å². The van der Waals surface area contributed by atoms with Gasteiger partial charge in [0.05, 0.1) is 11.4 Å². The van der Waals surface area contributed by atoms with Crippen molar-refractivity contribution in [3.63, 3.8) is 0 Å². The molecule has 0 spiro atoms. The monoisotopic (exact) mass is 416 g/mol. The van der Waals surface area contributed by atoms with Gasteiger partial charge < -0.3 is 9.13 Å². The lowest BCUT2D eigenvalue weighted by molar-refractivity contribution is 0.957. The SMILES string of the molecule is Cn1c2cc(=O)ccc-2c(-c2c3ccc(=O)cc-3n(C)c3ccccc23)c2ccccc21. The summed E-state index contributed by atoms with van der Waals surface area (Å²) in [5.41, 5.74) is 8.02. The topological polar surface area (TPSA) is 44.0 Å². The van der Waals surface area contributed by atoms with Gasteiger partial charge in [-0.05, 0) is 36.4 Å². The Balaban J connectivity index is 1.95. The van der Waals surface area contributed by atoms with Gasteiger partial charge in [-0.15, -0.1) is 0 Å². The Morgan fingerprint density at radius 3 is 1.38 bits per heavy atom. The highest BCUT2D eigenvalue weighted by Gasteiger charge is 2.24. The zero-order valence-electron chi connectivity index (χ0n) is 17.8. The van der Waals surface area contributed by atoms with Crippen LogP contribution in [0.3, 0.4) is 0 Å². The van der Waals surface area contributed by atoms with Crippen LogP contribution in [-0.4, -0.2) is 9.13 Å². The first kappa shape index (κ1) is 18.6. The highest BCUT2D eigenvalue weighted by molar-refractivity contribution is 6.14. The van der Waals surface area contributed by atoms with E-state index in [1.54, 1.807) is 24.3 Å². The van der Waals surface area contributed by atoms with Gasteiger partial charge in [-0.25, -0.2) is 0 Å². The number of nitrogens with zero attached hydrogens (tertiary/aromatic N) is 2. The van der Waals surface area contributed by atoms with Crippen molar-refractivity contribution in [1.29, 1.82) is 0 Å². The van der Waals surface area contributed by atoms with E-state index in [4.69, 9.17) is 0 Å². The van der Waals surface area contributed by atoms with Gasteiger partial charge in [0.1, 0.15) is 0 Å². The molecule has 2 aliphatic heterocycles. The van der Waals surface area contributed by atoms with E-state index in [1.807, 2.05) is 50.5 Å². The average molecular weight is 416 g/mol. The summed E-state index contributed by atoms with van der Waals surface area (Å²) in [6.07, 6.45) is 0. The molecule has 2 aliphatic carbocycles. The van der Waals surface area contributed by atoms with Crippen molar-refractivity contribution in [2.24, 2.45) is 14.1 Å². The van der Waals surface area contributed by atoms with Crippen molar-refractivity contribution in [2.75, 3.05) is 0 Å². The molecular formula is C28H20N2O2. The maximum atomic E-state index is 12.3. The zero-order valence-corrected chi connectivity index (χ0v) is 17.8. The van der Waals surface area contributed by atoms with Gasteiger partial charge in [0.25, 0.3) is 0 Å². The summed E-state index contributed by atoms with van der Waals surface area (Å²) >= 11 is 0. The number of hydrogen-bond acceptors (Lipinski definition) is 2. The second kappa shape index (κ2) is 6.66. The van der Waals surface area contributed by atoms with Gasteiger partial charge in [-0.2, -0.15) is 0 Å². The Morgan fingerprint density at radius 1 is 0.531 bits per heavy atom. The number of aromatic nitrogens is 2. The van der Waals surface area contributed by atoms with Gasteiger partial charge in [0.2, 0.25) is 0 Å². The summed E-state index contributed by atoms with van der Waals surface area (Å²) in [5, 5.41) is 2.21. The molecule has 0 saturated heterocycles. The molecule has 4 heteroatoms. The van der Waals surface area contributed by atoms with Gasteiger partial charge >= 0.3 is 0 Å². The number of benzene rings is 4. The molecule has 0 fully saturated rings. The smallest absolute Gasteiger partial charge is 0.180 e. The quantitative estimate of drug-likeness (QED) is 0.343. The van der Waals surface area contributed by atoms with Crippen molar-refractivity contribution in [1.82, 2.24) is 9.13 Å². The highest BCUT2D eigenvalue weighted by atomic mass is 16.1. The predicted octanol–water partition coefficient (Wildman–Crippen LogP) is 5.27. The molecule has 154 valence electrons. The van der Waals surface area contributed by atoms with E-state index >= 15 is 0 Å². The minimum absolute atomic E-state index is 0.0143. The molecule has 0 atom stereocenters. The fourth-order valence-electron chi connectivity index (χ4n) is 5.04. The van der Waals surface area contributed by atoms with E-state index < -0.39 is 0 Å². The summed E-state index contributed by atoms with van der Waals surface area (Å²) in [7, 11) is 4.00. The number of rotatable bonds is 1. The summed E-state index contributed by atoms with van der Waals surface area (Å²) < 4.78 is 4.16. The number of hydrogen-bond donors (Lipinski definition) is 0. The summed E-state index contributed by atoms with van der Waals surface area (Å²) in [6.45, 7) is 0. The molecule has 0 aromatic heterocycles. The molecule has 2 aromatic carbocycles. The molecule has 0 amide bonds. The first-order chi connectivity index (χ1) is 15.5. The van der Waals surface area contributed by atoms with Crippen molar-refractivity contribution < 1.29 is 0 Å². The number of aryl methyl sites for hydroxylation is 2. The molecule has 0 bridgehead atoms. The molecule has 6 rings (SSSR count). The van der Waals surface area contributed by atoms with E-state index in [0.29, 0.717) is 0 Å². The van der Waals surface area contributed by atoms with Crippen molar-refractivity contribution in [3.8, 4) is 33.6 Å². The summed E-state index contributed by atoms with van der Waals surface area (Å²) in [4.78, 5) is 24.6. The standard InChI is InChI=1S/C28H20N2O2/c1-29-23-9-5-3-7-19(23)27(21-13-11-17(31)15-25(21)29)28-20-8-4-6-10-24(20)30(2)26-16-18(32)12-14-22(26)28/h3-16H,1-2H3. The van der Waals surface area contributed by atoms with Gasteiger partial charge in [-0.1, -0.05) is 36.4 Å². The maximum Gasteiger partial charge on any atom is 0.180 e. The predicted molar refractivity (Wildman–Crippen MR) is 131 cm³/mol. The third kappa shape index (κ3) is 2.50. The molecule has 0 N–H and O–H groups in total. The fourth-order valence-corrected chi connectivity index (χ4v) is 5.04. The van der Waals surface area contributed by atoms with Crippen LogP contribution in [0.25, 0.3) is 55.4 Å². The molecule has 0 unspecified atom stereocenters. The lowest BCUT2D eigenvalue weighted by Gasteiger charge is -2.26. The van der Waals surface area contributed by atoms with Crippen LogP contribution in [0.15, 0.2) is 94.5 Å². The number of fused-ring (bicyclic) bond motifs is 4. The second-order valence-electron chi connectivity index (χ2n) is 8.26. The first-order valence-corrected chi connectivity index (χ1v) is 10.6. The molecule has 2 heterocycles. The number of pyridine rings is 2. The van der Waals surface area contributed by atoms with E-state index in [1.165, 1.54) is 0 Å². The lowest BCUT2D eigenvalue weighted by atomic mass is 9.85. The van der Waals surface area contributed by atoms with Crippen LogP contribution < -0.4 is 10.9 Å². The normalized spacial score (nSPS) is 11.7. The van der Waals surface area contributed by atoms with Crippen molar-refractivity contribution in [3.05, 3.63) is 105 Å². The summed E-state index contributed by atoms with van der Waals surface area (Å²) in [6, 6.07) is 27.1. The van der Waals surface area contributed by atoms with Crippen LogP contribution in [0.5, 0.6) is 0 Å². The minimum atomic E-state index is -0.0143. The van der Waals surface area contributed by atoms with Crippen molar-refractivity contribution in [2.45, 2.75) is 0 Å². The summed E-state index contributed by atoms with van der Waals surface area (Å²) in [5.74, 6) is 0. The van der Waals surface area contributed by atoms with Gasteiger partial charge in [0, 0.05) is 70.3 Å².